The maximum absolute atomic E-state index is 14.1. The number of fused-ring (bicyclic) bond motifs is 1. The number of ketones is 2. The third kappa shape index (κ3) is 4.13. The van der Waals surface area contributed by atoms with E-state index in [-0.39, 0.29) is 28.5 Å². The van der Waals surface area contributed by atoms with Crippen LogP contribution in [0.15, 0.2) is 24.3 Å². The van der Waals surface area contributed by atoms with Crippen molar-refractivity contribution in [2.45, 2.75) is 102 Å². The van der Waals surface area contributed by atoms with Crippen LogP contribution in [0.4, 0.5) is 8.78 Å². The van der Waals surface area contributed by atoms with E-state index in [0.717, 1.165) is 87.2 Å². The summed E-state index contributed by atoms with van der Waals surface area (Å²) in [7, 11) is 0. The first-order chi connectivity index (χ1) is 17.2. The molecule has 0 bridgehead atoms. The Labute approximate surface area is 212 Å². The minimum Gasteiger partial charge on any atom is -0.294 e. The summed E-state index contributed by atoms with van der Waals surface area (Å²) in [6, 6.07) is 5.74. The van der Waals surface area contributed by atoms with Crippen LogP contribution in [0.5, 0.6) is 0 Å². The summed E-state index contributed by atoms with van der Waals surface area (Å²) in [5.41, 5.74) is 4.43. The maximum atomic E-state index is 14.1. The van der Waals surface area contributed by atoms with Gasteiger partial charge in [0.1, 0.15) is 0 Å². The molecule has 4 aliphatic rings. The molecule has 0 radical (unpaired) electrons. The Morgan fingerprint density at radius 3 is 2.25 bits per heavy atom. The molecular weight excluding hydrogens is 456 g/mol. The van der Waals surface area contributed by atoms with Gasteiger partial charge < -0.3 is 0 Å². The Bertz CT molecular complexity index is 1200. The zero-order valence-corrected chi connectivity index (χ0v) is 21.2. The lowest BCUT2D eigenvalue weighted by Crippen LogP contribution is -2.40. The molecule has 190 valence electrons. The normalized spacial score (nSPS) is 21.8. The van der Waals surface area contributed by atoms with Crippen molar-refractivity contribution in [3.63, 3.8) is 0 Å². The average molecular weight is 492 g/mol. The average Bonchev–Trinajstić information content (AvgIpc) is 3.29. The Hall–Kier alpha value is -2.43. The van der Waals surface area contributed by atoms with Crippen LogP contribution in [0.3, 0.4) is 0 Å². The van der Waals surface area contributed by atoms with E-state index in [1.165, 1.54) is 43.5 Å². The van der Waals surface area contributed by atoms with Gasteiger partial charge in [-0.3, -0.25) is 14.6 Å². The van der Waals surface area contributed by atoms with Crippen LogP contribution in [-0.4, -0.2) is 16.6 Å². The predicted octanol–water partition coefficient (Wildman–Crippen LogP) is 7.72. The number of pyridine rings is 1. The van der Waals surface area contributed by atoms with Crippen molar-refractivity contribution in [3.8, 4) is 0 Å². The number of alkyl halides is 2. The van der Waals surface area contributed by atoms with Gasteiger partial charge in [-0.15, -0.1) is 0 Å². The second kappa shape index (κ2) is 8.85. The molecule has 3 fully saturated rings. The Morgan fingerprint density at radius 2 is 1.69 bits per heavy atom. The number of hydrogen-bond acceptors (Lipinski definition) is 3. The van der Waals surface area contributed by atoms with Crippen LogP contribution in [0.1, 0.15) is 132 Å². The van der Waals surface area contributed by atoms with E-state index in [1.807, 2.05) is 0 Å². The number of benzene rings is 1. The molecule has 1 aromatic carbocycles. The first-order valence-corrected chi connectivity index (χ1v) is 13.9. The maximum Gasteiger partial charge on any atom is 0.270 e. The number of rotatable bonds is 6. The standard InChI is InChI=1S/C31H35F2NO2/c1-30(32,33)22-12-10-21(11-13-22)29(36)28-23(16-19-6-2-3-7-19)34-24-17-31(14-5-15-31)18-25(35)27(24)26(28)20-8-4-9-20/h10-13,19-20H,2-9,14-18H2,1H3. The SMILES string of the molecule is CC(F)(F)c1ccc(C(=O)c2c(CC3CCCC3)nc3c(c2C2CCC2)C(=O)CC2(CCC2)C3)cc1. The molecule has 0 N–H and O–H groups in total. The number of nitrogens with zero attached hydrogens (tertiary/aromatic N) is 1. The second-order valence-electron chi connectivity index (χ2n) is 12.1. The molecular formula is C31H35F2NO2. The van der Waals surface area contributed by atoms with E-state index in [1.54, 1.807) is 0 Å². The van der Waals surface area contributed by atoms with E-state index in [0.29, 0.717) is 23.5 Å². The van der Waals surface area contributed by atoms with Crippen LogP contribution in [0.2, 0.25) is 0 Å². The second-order valence-corrected chi connectivity index (χ2v) is 12.1. The highest BCUT2D eigenvalue weighted by molar-refractivity contribution is 6.13. The van der Waals surface area contributed by atoms with Gasteiger partial charge in [0.15, 0.2) is 11.6 Å². The molecule has 1 aromatic heterocycles. The summed E-state index contributed by atoms with van der Waals surface area (Å²) in [5.74, 6) is -2.24. The molecule has 36 heavy (non-hydrogen) atoms. The molecule has 5 heteroatoms. The summed E-state index contributed by atoms with van der Waals surface area (Å²) in [4.78, 5) is 32.9. The van der Waals surface area contributed by atoms with Crippen molar-refractivity contribution in [2.24, 2.45) is 11.3 Å². The highest BCUT2D eigenvalue weighted by Crippen LogP contribution is 2.52. The van der Waals surface area contributed by atoms with E-state index in [4.69, 9.17) is 4.98 Å². The number of hydrogen-bond donors (Lipinski definition) is 0. The molecule has 1 spiro atoms. The third-order valence-corrected chi connectivity index (χ3v) is 9.51. The van der Waals surface area contributed by atoms with Crippen molar-refractivity contribution in [1.82, 2.24) is 4.98 Å². The fourth-order valence-corrected chi connectivity index (χ4v) is 7.08. The van der Waals surface area contributed by atoms with Crippen LogP contribution >= 0.6 is 0 Å². The predicted molar refractivity (Wildman–Crippen MR) is 135 cm³/mol. The summed E-state index contributed by atoms with van der Waals surface area (Å²) in [6.45, 7) is 0.867. The highest BCUT2D eigenvalue weighted by atomic mass is 19.3. The van der Waals surface area contributed by atoms with Crippen molar-refractivity contribution in [3.05, 3.63) is 63.5 Å². The first-order valence-electron chi connectivity index (χ1n) is 13.9. The fourth-order valence-electron chi connectivity index (χ4n) is 7.08. The number of halogens is 2. The van der Waals surface area contributed by atoms with Gasteiger partial charge in [-0.25, -0.2) is 8.78 Å². The Balaban J connectivity index is 1.50. The first kappa shape index (κ1) is 23.9. The van der Waals surface area contributed by atoms with Crippen molar-refractivity contribution in [2.75, 3.05) is 0 Å². The van der Waals surface area contributed by atoms with Crippen molar-refractivity contribution >= 4 is 11.6 Å². The molecule has 4 aliphatic carbocycles. The van der Waals surface area contributed by atoms with Gasteiger partial charge in [-0.1, -0.05) is 62.8 Å². The van der Waals surface area contributed by atoms with Crippen molar-refractivity contribution < 1.29 is 18.4 Å². The molecule has 0 atom stereocenters. The summed E-state index contributed by atoms with van der Waals surface area (Å²) >= 11 is 0. The molecule has 0 unspecified atom stereocenters. The number of carbonyl (C=O) groups excluding carboxylic acids is 2. The smallest absolute Gasteiger partial charge is 0.270 e. The molecule has 1 heterocycles. The van der Waals surface area contributed by atoms with Gasteiger partial charge in [0.25, 0.3) is 5.92 Å². The monoisotopic (exact) mass is 491 g/mol. The van der Waals surface area contributed by atoms with E-state index >= 15 is 0 Å². The van der Waals surface area contributed by atoms with E-state index < -0.39 is 5.92 Å². The lowest BCUT2D eigenvalue weighted by molar-refractivity contribution is 0.0174. The van der Waals surface area contributed by atoms with Crippen molar-refractivity contribution in [1.29, 1.82) is 0 Å². The third-order valence-electron chi connectivity index (χ3n) is 9.51. The molecule has 3 saturated carbocycles. The number of carbonyl (C=O) groups is 2. The number of aromatic nitrogens is 1. The summed E-state index contributed by atoms with van der Waals surface area (Å²) in [5, 5.41) is 0. The minimum absolute atomic E-state index is 0.0747. The summed E-state index contributed by atoms with van der Waals surface area (Å²) < 4.78 is 27.6. The minimum atomic E-state index is -2.95. The Kier molecular flexibility index (Phi) is 5.88. The zero-order chi connectivity index (χ0) is 25.1. The van der Waals surface area contributed by atoms with Crippen LogP contribution in [-0.2, 0) is 18.8 Å². The van der Waals surface area contributed by atoms with Gasteiger partial charge in [0.2, 0.25) is 0 Å². The van der Waals surface area contributed by atoms with Crippen LogP contribution in [0.25, 0.3) is 0 Å². The van der Waals surface area contributed by atoms with Crippen LogP contribution < -0.4 is 0 Å². The molecule has 0 aliphatic heterocycles. The van der Waals surface area contributed by atoms with E-state index in [9.17, 15) is 18.4 Å². The topological polar surface area (TPSA) is 47.0 Å². The number of Topliss-reactive ketones (excluding diaryl/α,β-unsaturated/α-hetero) is 1. The lowest BCUT2D eigenvalue weighted by atomic mass is 9.59. The molecule has 6 rings (SSSR count). The quantitative estimate of drug-likeness (QED) is 0.389. The van der Waals surface area contributed by atoms with Gasteiger partial charge >= 0.3 is 0 Å². The highest BCUT2D eigenvalue weighted by Gasteiger charge is 2.46. The van der Waals surface area contributed by atoms with Crippen LogP contribution in [0, 0.1) is 11.3 Å². The molecule has 2 aromatic rings. The van der Waals surface area contributed by atoms with E-state index in [2.05, 4.69) is 0 Å². The lowest BCUT2D eigenvalue weighted by Gasteiger charge is -2.45. The molecule has 0 saturated heterocycles. The molecule has 3 nitrogen and oxygen atoms in total. The van der Waals surface area contributed by atoms with Gasteiger partial charge in [-0.05, 0) is 61.3 Å². The summed E-state index contributed by atoms with van der Waals surface area (Å²) in [6.07, 6.45) is 13.3. The van der Waals surface area contributed by atoms with Gasteiger partial charge in [-0.2, -0.15) is 0 Å². The fraction of sp³-hybridized carbons (Fsp3) is 0.581. The largest absolute Gasteiger partial charge is 0.294 e. The van der Waals surface area contributed by atoms with Gasteiger partial charge in [0, 0.05) is 35.6 Å². The zero-order valence-electron chi connectivity index (χ0n) is 21.2. The van der Waals surface area contributed by atoms with Gasteiger partial charge in [0.05, 0.1) is 11.4 Å². The Morgan fingerprint density at radius 1 is 1.00 bits per heavy atom. The molecule has 0 amide bonds.